The summed E-state index contributed by atoms with van der Waals surface area (Å²) < 4.78 is 0. The lowest BCUT2D eigenvalue weighted by atomic mass is 9.96. The van der Waals surface area contributed by atoms with Crippen LogP contribution in [0.5, 0.6) is 0 Å². The molecule has 25 heavy (non-hydrogen) atoms. The summed E-state index contributed by atoms with van der Waals surface area (Å²) in [4.78, 5) is 39.0. The van der Waals surface area contributed by atoms with Gasteiger partial charge in [0.1, 0.15) is 5.00 Å². The van der Waals surface area contributed by atoms with Gasteiger partial charge in [0, 0.05) is 30.8 Å². The number of nitrogens with zero attached hydrogens (tertiary/aromatic N) is 1. The number of carbonyl (C=O) groups is 3. The molecule has 5 nitrogen and oxygen atoms in total. The zero-order valence-electron chi connectivity index (χ0n) is 13.9. The summed E-state index contributed by atoms with van der Waals surface area (Å²) in [7, 11) is 0. The normalized spacial score (nSPS) is 13.3. The van der Waals surface area contributed by atoms with Gasteiger partial charge in [-0.3, -0.25) is 14.4 Å². The largest absolute Gasteiger partial charge is 0.337 e. The fourth-order valence-electron chi connectivity index (χ4n) is 2.94. The molecular formula is C18H17ClN2O3S. The van der Waals surface area contributed by atoms with Crippen molar-refractivity contribution in [2.24, 2.45) is 0 Å². The third kappa shape index (κ3) is 3.45. The average Bonchev–Trinajstić information content (AvgIpc) is 2.90. The molecule has 0 fully saturated rings. The van der Waals surface area contributed by atoms with Crippen LogP contribution in [0.2, 0.25) is 5.02 Å². The van der Waals surface area contributed by atoms with Crippen molar-refractivity contribution < 1.29 is 14.4 Å². The summed E-state index contributed by atoms with van der Waals surface area (Å²) >= 11 is 7.53. The number of fused-ring (bicyclic) bond motifs is 1. The van der Waals surface area contributed by atoms with E-state index >= 15 is 0 Å². The van der Waals surface area contributed by atoms with Gasteiger partial charge < -0.3 is 10.2 Å². The smallest absolute Gasteiger partial charge is 0.221 e. The number of anilines is 1. The third-order valence-electron chi connectivity index (χ3n) is 4.14. The van der Waals surface area contributed by atoms with E-state index in [0.717, 1.165) is 10.4 Å². The van der Waals surface area contributed by atoms with Gasteiger partial charge in [-0.15, -0.1) is 11.3 Å². The Labute approximate surface area is 154 Å². The minimum absolute atomic E-state index is 0.000826. The molecule has 1 aromatic carbocycles. The Morgan fingerprint density at radius 1 is 1.20 bits per heavy atom. The van der Waals surface area contributed by atoms with Crippen LogP contribution < -0.4 is 5.32 Å². The number of carbonyl (C=O) groups excluding carboxylic acids is 3. The van der Waals surface area contributed by atoms with Crippen molar-refractivity contribution in [1.82, 2.24) is 4.90 Å². The molecule has 2 heterocycles. The highest BCUT2D eigenvalue weighted by Crippen LogP contribution is 2.39. The van der Waals surface area contributed by atoms with Gasteiger partial charge in [0.15, 0.2) is 5.78 Å². The van der Waals surface area contributed by atoms with E-state index in [-0.39, 0.29) is 17.6 Å². The van der Waals surface area contributed by atoms with Crippen LogP contribution in [0.15, 0.2) is 24.3 Å². The molecule has 0 unspecified atom stereocenters. The van der Waals surface area contributed by atoms with Crippen molar-refractivity contribution in [3.05, 3.63) is 50.9 Å². The van der Waals surface area contributed by atoms with Gasteiger partial charge in [0.05, 0.1) is 17.1 Å². The molecular weight excluding hydrogens is 360 g/mol. The third-order valence-corrected chi connectivity index (χ3v) is 5.60. The number of halogens is 1. The Bertz CT molecular complexity index is 875. The van der Waals surface area contributed by atoms with Crippen molar-refractivity contribution in [2.75, 3.05) is 11.9 Å². The number of hydrogen-bond donors (Lipinski definition) is 1. The van der Waals surface area contributed by atoms with Crippen LogP contribution >= 0.6 is 22.9 Å². The van der Waals surface area contributed by atoms with E-state index in [1.807, 2.05) is 0 Å². The molecule has 1 aliphatic rings. The Hall–Kier alpha value is -2.18. The van der Waals surface area contributed by atoms with Crippen LogP contribution in [-0.4, -0.2) is 29.0 Å². The van der Waals surface area contributed by atoms with Crippen LogP contribution in [0.4, 0.5) is 5.00 Å². The predicted molar refractivity (Wildman–Crippen MR) is 98.3 cm³/mol. The number of nitrogens with one attached hydrogen (secondary N) is 1. The number of amides is 2. The van der Waals surface area contributed by atoms with Crippen LogP contribution in [0.1, 0.15) is 40.2 Å². The molecule has 3 rings (SSSR count). The zero-order valence-corrected chi connectivity index (χ0v) is 15.5. The fourth-order valence-corrected chi connectivity index (χ4v) is 4.47. The van der Waals surface area contributed by atoms with Crippen LogP contribution in [0.25, 0.3) is 0 Å². The Morgan fingerprint density at radius 2 is 1.92 bits per heavy atom. The second-order valence-electron chi connectivity index (χ2n) is 5.89. The Kier molecular flexibility index (Phi) is 4.92. The maximum atomic E-state index is 13.1. The molecule has 0 aliphatic carbocycles. The second kappa shape index (κ2) is 6.98. The molecule has 0 saturated heterocycles. The van der Waals surface area contributed by atoms with Crippen molar-refractivity contribution in [2.45, 2.75) is 26.8 Å². The number of thiophene rings is 1. The lowest BCUT2D eigenvalue weighted by Crippen LogP contribution is -2.33. The summed E-state index contributed by atoms with van der Waals surface area (Å²) in [6, 6.07) is 6.87. The van der Waals surface area contributed by atoms with E-state index in [9.17, 15) is 14.4 Å². The highest BCUT2D eigenvalue weighted by molar-refractivity contribution is 7.17. The Balaban J connectivity index is 2.09. The van der Waals surface area contributed by atoms with Gasteiger partial charge >= 0.3 is 0 Å². The number of ketones is 1. The van der Waals surface area contributed by atoms with Crippen molar-refractivity contribution >= 4 is 45.5 Å². The summed E-state index contributed by atoms with van der Waals surface area (Å²) in [6.45, 7) is 3.95. The van der Waals surface area contributed by atoms with Crippen LogP contribution in [0.3, 0.4) is 0 Å². The predicted octanol–water partition coefficient (Wildman–Crippen LogP) is 3.50. The summed E-state index contributed by atoms with van der Waals surface area (Å²) in [5.74, 6) is -0.447. The highest BCUT2D eigenvalue weighted by atomic mass is 35.5. The highest BCUT2D eigenvalue weighted by Gasteiger charge is 2.30. The maximum absolute atomic E-state index is 13.1. The van der Waals surface area contributed by atoms with E-state index in [0.29, 0.717) is 40.7 Å². The summed E-state index contributed by atoms with van der Waals surface area (Å²) in [6.07, 6.45) is 0.580. The molecule has 1 aromatic heterocycles. The van der Waals surface area contributed by atoms with E-state index < -0.39 is 0 Å². The van der Waals surface area contributed by atoms with Crippen LogP contribution in [-0.2, 0) is 22.6 Å². The molecule has 130 valence electrons. The molecule has 0 radical (unpaired) electrons. The van der Waals surface area contributed by atoms with Gasteiger partial charge in [-0.25, -0.2) is 0 Å². The molecule has 1 N–H and O–H groups in total. The molecule has 2 amide bonds. The number of benzene rings is 1. The van der Waals surface area contributed by atoms with Gasteiger partial charge in [-0.05, 0) is 24.1 Å². The molecule has 2 aromatic rings. The first-order chi connectivity index (χ1) is 11.9. The SMILES string of the molecule is CC(=O)Nc1sc2c(c1C(=O)c1ccccc1Cl)CCN(C(C)=O)C2. The number of rotatable bonds is 3. The molecule has 0 saturated carbocycles. The number of hydrogen-bond acceptors (Lipinski definition) is 4. The fraction of sp³-hybridized carbons (Fsp3) is 0.278. The van der Waals surface area contributed by atoms with Gasteiger partial charge in [-0.2, -0.15) is 0 Å². The minimum Gasteiger partial charge on any atom is -0.337 e. The van der Waals surface area contributed by atoms with E-state index in [1.54, 1.807) is 29.2 Å². The molecule has 7 heteroatoms. The van der Waals surface area contributed by atoms with Gasteiger partial charge in [0.2, 0.25) is 11.8 Å². The topological polar surface area (TPSA) is 66.5 Å². The average molecular weight is 377 g/mol. The monoisotopic (exact) mass is 376 g/mol. The first-order valence-electron chi connectivity index (χ1n) is 7.85. The van der Waals surface area contributed by atoms with Gasteiger partial charge in [-0.1, -0.05) is 23.7 Å². The molecule has 0 atom stereocenters. The van der Waals surface area contributed by atoms with E-state index in [4.69, 9.17) is 11.6 Å². The lowest BCUT2D eigenvalue weighted by molar-refractivity contribution is -0.129. The van der Waals surface area contributed by atoms with Gasteiger partial charge in [0.25, 0.3) is 0 Å². The first-order valence-corrected chi connectivity index (χ1v) is 9.04. The standard InChI is InChI=1S/C18H17ClN2O3S/c1-10(22)20-18-16(17(24)12-5-3-4-6-14(12)19)13-7-8-21(11(2)23)9-15(13)25-18/h3-6H,7-9H2,1-2H3,(H,20,22). The second-order valence-corrected chi connectivity index (χ2v) is 7.40. The lowest BCUT2D eigenvalue weighted by Gasteiger charge is -2.26. The van der Waals surface area contributed by atoms with Crippen LogP contribution in [0, 0.1) is 0 Å². The van der Waals surface area contributed by atoms with E-state index in [1.165, 1.54) is 25.2 Å². The minimum atomic E-state index is -0.241. The quantitative estimate of drug-likeness (QED) is 0.834. The molecule has 0 spiro atoms. The summed E-state index contributed by atoms with van der Waals surface area (Å²) in [5, 5.41) is 3.66. The molecule has 0 bridgehead atoms. The Morgan fingerprint density at radius 3 is 2.56 bits per heavy atom. The maximum Gasteiger partial charge on any atom is 0.221 e. The first kappa shape index (κ1) is 17.6. The van der Waals surface area contributed by atoms with Crippen molar-refractivity contribution in [1.29, 1.82) is 0 Å². The van der Waals surface area contributed by atoms with Crippen molar-refractivity contribution in [3.8, 4) is 0 Å². The van der Waals surface area contributed by atoms with Crippen molar-refractivity contribution in [3.63, 3.8) is 0 Å². The summed E-state index contributed by atoms with van der Waals surface area (Å²) in [5.41, 5.74) is 1.80. The van der Waals surface area contributed by atoms with E-state index in [2.05, 4.69) is 5.32 Å². The zero-order chi connectivity index (χ0) is 18.1. The molecule has 1 aliphatic heterocycles.